The van der Waals surface area contributed by atoms with Gasteiger partial charge in [-0.2, -0.15) is 0 Å². The molecular formula is C9H13N3. The van der Waals surface area contributed by atoms with E-state index < -0.39 is 0 Å². The maximum Gasteiger partial charge on any atom is 0.144 e. The van der Waals surface area contributed by atoms with Crippen molar-refractivity contribution in [3.05, 3.63) is 30.1 Å². The van der Waals surface area contributed by atoms with Crippen molar-refractivity contribution in [1.82, 2.24) is 4.98 Å². The lowest BCUT2D eigenvalue weighted by atomic mass is 10.3. The van der Waals surface area contributed by atoms with E-state index in [0.717, 1.165) is 5.69 Å². The first kappa shape index (κ1) is 8.71. The van der Waals surface area contributed by atoms with Gasteiger partial charge in [0.05, 0.1) is 0 Å². The van der Waals surface area contributed by atoms with Crippen LogP contribution in [0.5, 0.6) is 0 Å². The molecule has 1 heterocycles. The second kappa shape index (κ2) is 3.85. The molecular weight excluding hydrogens is 150 g/mol. The van der Waals surface area contributed by atoms with Crippen LogP contribution in [0.4, 0.5) is 0 Å². The third-order valence-electron chi connectivity index (χ3n) is 1.32. The van der Waals surface area contributed by atoms with E-state index in [1.54, 1.807) is 6.20 Å². The van der Waals surface area contributed by atoms with Gasteiger partial charge in [-0.1, -0.05) is 6.07 Å². The molecule has 0 atom stereocenters. The largest absolute Gasteiger partial charge is 0.382 e. The predicted octanol–water partition coefficient (Wildman–Crippen LogP) is 1.20. The smallest absolute Gasteiger partial charge is 0.144 e. The van der Waals surface area contributed by atoms with Gasteiger partial charge in [0.25, 0.3) is 0 Å². The Morgan fingerprint density at radius 3 is 2.75 bits per heavy atom. The number of rotatable bonds is 2. The Morgan fingerprint density at radius 1 is 1.50 bits per heavy atom. The third-order valence-corrected chi connectivity index (χ3v) is 1.32. The Morgan fingerprint density at radius 2 is 2.25 bits per heavy atom. The Kier molecular flexibility index (Phi) is 2.80. The standard InChI is InChI=1S/C9H13N3/c1-7(2)12-9(10)8-5-3-4-6-11-8/h3-7H,1-2H3,(H2,10,12). The van der Waals surface area contributed by atoms with E-state index in [9.17, 15) is 0 Å². The minimum atomic E-state index is 0.215. The Bertz CT molecular complexity index is 264. The Labute approximate surface area is 72.3 Å². The van der Waals surface area contributed by atoms with Crippen LogP contribution in [0.15, 0.2) is 29.4 Å². The van der Waals surface area contributed by atoms with Gasteiger partial charge < -0.3 is 5.73 Å². The molecule has 0 unspecified atom stereocenters. The summed E-state index contributed by atoms with van der Waals surface area (Å²) in [4.78, 5) is 8.26. The molecule has 0 radical (unpaired) electrons. The average Bonchev–Trinajstić information content (AvgIpc) is 2.05. The van der Waals surface area contributed by atoms with E-state index in [1.807, 2.05) is 32.0 Å². The fourth-order valence-corrected chi connectivity index (χ4v) is 0.859. The lowest BCUT2D eigenvalue weighted by Gasteiger charge is -2.01. The van der Waals surface area contributed by atoms with Gasteiger partial charge >= 0.3 is 0 Å². The van der Waals surface area contributed by atoms with Gasteiger partial charge in [0.2, 0.25) is 0 Å². The van der Waals surface area contributed by atoms with E-state index in [4.69, 9.17) is 5.73 Å². The first-order valence-corrected chi connectivity index (χ1v) is 3.95. The van der Waals surface area contributed by atoms with Crippen LogP contribution in [0.1, 0.15) is 19.5 Å². The molecule has 64 valence electrons. The lowest BCUT2D eigenvalue weighted by Crippen LogP contribution is -2.16. The number of hydrogen-bond donors (Lipinski definition) is 1. The molecule has 3 nitrogen and oxygen atoms in total. The molecule has 0 fully saturated rings. The molecule has 0 aromatic carbocycles. The maximum absolute atomic E-state index is 5.68. The summed E-state index contributed by atoms with van der Waals surface area (Å²) in [5, 5.41) is 0. The highest BCUT2D eigenvalue weighted by Gasteiger charge is 1.98. The van der Waals surface area contributed by atoms with Crippen molar-refractivity contribution in [2.24, 2.45) is 10.7 Å². The Balaban J connectivity index is 2.85. The van der Waals surface area contributed by atoms with Gasteiger partial charge in [0, 0.05) is 12.2 Å². The first-order valence-electron chi connectivity index (χ1n) is 3.95. The second-order valence-corrected chi connectivity index (χ2v) is 2.82. The fraction of sp³-hybridized carbons (Fsp3) is 0.333. The fourth-order valence-electron chi connectivity index (χ4n) is 0.859. The topological polar surface area (TPSA) is 51.3 Å². The number of nitrogens with zero attached hydrogens (tertiary/aromatic N) is 2. The van der Waals surface area contributed by atoms with E-state index >= 15 is 0 Å². The van der Waals surface area contributed by atoms with Gasteiger partial charge in [-0.05, 0) is 26.0 Å². The number of amidine groups is 1. The number of aliphatic imine (C=N–C) groups is 1. The number of hydrogen-bond acceptors (Lipinski definition) is 2. The molecule has 12 heavy (non-hydrogen) atoms. The summed E-state index contributed by atoms with van der Waals surface area (Å²) >= 11 is 0. The van der Waals surface area contributed by atoms with Crippen LogP contribution in [0.2, 0.25) is 0 Å². The first-order chi connectivity index (χ1) is 5.70. The molecule has 1 aromatic heterocycles. The van der Waals surface area contributed by atoms with Gasteiger partial charge in [0.1, 0.15) is 11.5 Å². The van der Waals surface area contributed by atoms with Crippen molar-refractivity contribution >= 4 is 5.84 Å². The third kappa shape index (κ3) is 2.34. The number of pyridine rings is 1. The molecule has 3 heteroatoms. The van der Waals surface area contributed by atoms with Crippen LogP contribution < -0.4 is 5.73 Å². The molecule has 0 saturated carbocycles. The highest BCUT2D eigenvalue weighted by molar-refractivity contribution is 5.95. The number of nitrogens with two attached hydrogens (primary N) is 1. The summed E-state index contributed by atoms with van der Waals surface area (Å²) < 4.78 is 0. The van der Waals surface area contributed by atoms with Crippen molar-refractivity contribution in [2.75, 3.05) is 0 Å². The molecule has 0 amide bonds. The van der Waals surface area contributed by atoms with Crippen molar-refractivity contribution in [2.45, 2.75) is 19.9 Å². The lowest BCUT2D eigenvalue weighted by molar-refractivity contribution is 0.833. The van der Waals surface area contributed by atoms with E-state index in [0.29, 0.717) is 5.84 Å². The van der Waals surface area contributed by atoms with Crippen LogP contribution in [-0.4, -0.2) is 16.9 Å². The van der Waals surface area contributed by atoms with Crippen molar-refractivity contribution in [1.29, 1.82) is 0 Å². The van der Waals surface area contributed by atoms with Gasteiger partial charge in [0.15, 0.2) is 0 Å². The summed E-state index contributed by atoms with van der Waals surface area (Å²) in [5.41, 5.74) is 6.43. The zero-order valence-electron chi connectivity index (χ0n) is 7.36. The minimum absolute atomic E-state index is 0.215. The molecule has 0 bridgehead atoms. The molecule has 0 saturated heterocycles. The van der Waals surface area contributed by atoms with Crippen molar-refractivity contribution < 1.29 is 0 Å². The molecule has 0 aliphatic carbocycles. The van der Waals surface area contributed by atoms with Gasteiger partial charge in [-0.25, -0.2) is 0 Å². The van der Waals surface area contributed by atoms with Crippen LogP contribution in [0.25, 0.3) is 0 Å². The van der Waals surface area contributed by atoms with Gasteiger partial charge in [-0.15, -0.1) is 0 Å². The summed E-state index contributed by atoms with van der Waals surface area (Å²) in [6.45, 7) is 3.96. The maximum atomic E-state index is 5.68. The summed E-state index contributed by atoms with van der Waals surface area (Å²) in [6.07, 6.45) is 1.71. The van der Waals surface area contributed by atoms with E-state index in [2.05, 4.69) is 9.98 Å². The van der Waals surface area contributed by atoms with E-state index in [-0.39, 0.29) is 6.04 Å². The zero-order valence-corrected chi connectivity index (χ0v) is 7.36. The molecule has 1 rings (SSSR count). The SMILES string of the molecule is CC(C)N=C(N)c1ccccn1. The summed E-state index contributed by atoms with van der Waals surface area (Å²) in [5.74, 6) is 0.505. The average molecular weight is 163 g/mol. The highest BCUT2D eigenvalue weighted by Crippen LogP contribution is 1.95. The van der Waals surface area contributed by atoms with E-state index in [1.165, 1.54) is 0 Å². The van der Waals surface area contributed by atoms with Gasteiger partial charge in [-0.3, -0.25) is 9.98 Å². The molecule has 2 N–H and O–H groups in total. The van der Waals surface area contributed by atoms with Crippen LogP contribution in [-0.2, 0) is 0 Å². The molecule has 0 aliphatic heterocycles. The molecule has 0 spiro atoms. The molecule has 0 aliphatic rings. The van der Waals surface area contributed by atoms with Crippen molar-refractivity contribution in [3.8, 4) is 0 Å². The second-order valence-electron chi connectivity index (χ2n) is 2.82. The normalized spacial score (nSPS) is 12.1. The monoisotopic (exact) mass is 163 g/mol. The highest BCUT2D eigenvalue weighted by atomic mass is 14.9. The molecule has 1 aromatic rings. The van der Waals surface area contributed by atoms with Crippen LogP contribution >= 0.6 is 0 Å². The Hall–Kier alpha value is -1.38. The zero-order chi connectivity index (χ0) is 8.97. The van der Waals surface area contributed by atoms with Crippen LogP contribution in [0, 0.1) is 0 Å². The predicted molar refractivity (Wildman–Crippen MR) is 50.1 cm³/mol. The van der Waals surface area contributed by atoms with Crippen LogP contribution in [0.3, 0.4) is 0 Å². The summed E-state index contributed by atoms with van der Waals surface area (Å²) in [6, 6.07) is 5.81. The summed E-state index contributed by atoms with van der Waals surface area (Å²) in [7, 11) is 0. The van der Waals surface area contributed by atoms with Crippen molar-refractivity contribution in [3.63, 3.8) is 0 Å². The number of aromatic nitrogens is 1. The minimum Gasteiger partial charge on any atom is -0.382 e. The quantitative estimate of drug-likeness (QED) is 0.526.